The summed E-state index contributed by atoms with van der Waals surface area (Å²) in [5.41, 5.74) is 1.68. The van der Waals surface area contributed by atoms with Gasteiger partial charge in [0.05, 0.1) is 11.9 Å². The van der Waals surface area contributed by atoms with Crippen LogP contribution in [0.1, 0.15) is 38.3 Å². The Bertz CT molecular complexity index is 1130. The van der Waals surface area contributed by atoms with Crippen molar-refractivity contribution in [2.75, 3.05) is 17.1 Å². The lowest BCUT2D eigenvalue weighted by atomic mass is 10.1. The van der Waals surface area contributed by atoms with E-state index in [1.165, 1.54) is 4.90 Å². The molecule has 10 heteroatoms. The Hall–Kier alpha value is -2.10. The number of carbonyl (C=O) groups is 2. The first-order valence-electron chi connectivity index (χ1n) is 10.9. The molecular weight excluding hydrogens is 542 g/mol. The number of nitrogens with one attached hydrogen (secondary N) is 1. The molecule has 0 aliphatic heterocycles. The van der Waals surface area contributed by atoms with Crippen molar-refractivity contribution in [3.63, 3.8) is 0 Å². The highest BCUT2D eigenvalue weighted by Crippen LogP contribution is 2.28. The highest BCUT2D eigenvalue weighted by molar-refractivity contribution is 9.10. The molecule has 0 saturated carbocycles. The summed E-state index contributed by atoms with van der Waals surface area (Å²) in [4.78, 5) is 27.8. The van der Waals surface area contributed by atoms with Crippen LogP contribution in [0.2, 0.25) is 5.02 Å². The normalized spacial score (nSPS) is 13.1. The van der Waals surface area contributed by atoms with Gasteiger partial charge in [0.2, 0.25) is 21.8 Å². The summed E-state index contributed by atoms with van der Waals surface area (Å²) >= 11 is 9.60. The minimum absolute atomic E-state index is 0.0544. The first-order valence-corrected chi connectivity index (χ1v) is 13.9. The predicted octanol–water partition coefficient (Wildman–Crippen LogP) is 4.51. The van der Waals surface area contributed by atoms with Crippen molar-refractivity contribution in [3.05, 3.63) is 63.1 Å². The molecule has 0 bridgehead atoms. The van der Waals surface area contributed by atoms with E-state index in [9.17, 15) is 18.0 Å². The molecule has 0 aliphatic carbocycles. The van der Waals surface area contributed by atoms with Crippen LogP contribution in [0.5, 0.6) is 0 Å². The summed E-state index contributed by atoms with van der Waals surface area (Å²) in [5.74, 6) is -0.802. The number of nitrogens with zero attached hydrogens (tertiary/aromatic N) is 2. The standard InChI is InChI=1S/C24H31BrClN3O4S/c1-6-16(2)27-24(31)18(4)28(14-19-10-12-20(25)13-11-19)23(30)15-29(34(5,32)33)22-9-7-8-21(26)17(22)3/h7-13,16,18H,6,14-15H2,1-5H3,(H,27,31)/t16-,18-/m0/s1. The molecule has 1 N–H and O–H groups in total. The van der Waals surface area contributed by atoms with Gasteiger partial charge in [-0.15, -0.1) is 0 Å². The lowest BCUT2D eigenvalue weighted by Gasteiger charge is -2.32. The summed E-state index contributed by atoms with van der Waals surface area (Å²) in [7, 11) is -3.81. The molecule has 0 aliphatic rings. The van der Waals surface area contributed by atoms with Crippen molar-refractivity contribution >= 4 is 55.1 Å². The van der Waals surface area contributed by atoms with Crippen LogP contribution < -0.4 is 9.62 Å². The second kappa shape index (κ2) is 12.0. The Morgan fingerprint density at radius 3 is 2.29 bits per heavy atom. The highest BCUT2D eigenvalue weighted by atomic mass is 79.9. The van der Waals surface area contributed by atoms with Crippen molar-refractivity contribution in [1.29, 1.82) is 0 Å². The third kappa shape index (κ3) is 7.45. The van der Waals surface area contributed by atoms with E-state index in [0.29, 0.717) is 16.3 Å². The number of carbonyl (C=O) groups excluding carboxylic acids is 2. The zero-order valence-corrected chi connectivity index (χ0v) is 23.2. The zero-order chi connectivity index (χ0) is 25.6. The number of hydrogen-bond donors (Lipinski definition) is 1. The second-order valence-electron chi connectivity index (χ2n) is 8.30. The maximum absolute atomic E-state index is 13.5. The van der Waals surface area contributed by atoms with E-state index in [4.69, 9.17) is 11.6 Å². The lowest BCUT2D eigenvalue weighted by molar-refractivity contribution is -0.139. The van der Waals surface area contributed by atoms with Crippen LogP contribution in [0.25, 0.3) is 0 Å². The molecule has 2 aromatic carbocycles. The number of anilines is 1. The minimum atomic E-state index is -3.81. The van der Waals surface area contributed by atoms with Crippen LogP contribution in [0.4, 0.5) is 5.69 Å². The van der Waals surface area contributed by atoms with Gasteiger partial charge in [-0.05, 0) is 62.6 Å². The van der Waals surface area contributed by atoms with Crippen LogP contribution in [0, 0.1) is 6.92 Å². The van der Waals surface area contributed by atoms with Crippen LogP contribution >= 0.6 is 27.5 Å². The Kier molecular flexibility index (Phi) is 9.96. The summed E-state index contributed by atoms with van der Waals surface area (Å²) in [6.07, 6.45) is 1.79. The SMILES string of the molecule is CC[C@H](C)NC(=O)[C@H](C)N(Cc1ccc(Br)cc1)C(=O)CN(c1cccc(Cl)c1C)S(C)(=O)=O. The molecule has 2 rings (SSSR count). The number of sulfonamides is 1. The fourth-order valence-electron chi connectivity index (χ4n) is 3.30. The van der Waals surface area contributed by atoms with E-state index < -0.39 is 28.5 Å². The maximum atomic E-state index is 13.5. The van der Waals surface area contributed by atoms with E-state index in [2.05, 4.69) is 21.2 Å². The van der Waals surface area contributed by atoms with Crippen LogP contribution in [-0.2, 0) is 26.2 Å². The molecule has 7 nitrogen and oxygen atoms in total. The second-order valence-corrected chi connectivity index (χ2v) is 11.5. The van der Waals surface area contributed by atoms with Crippen LogP contribution in [-0.4, -0.2) is 50.0 Å². The molecule has 0 saturated heterocycles. The number of amides is 2. The van der Waals surface area contributed by atoms with Gasteiger partial charge in [-0.2, -0.15) is 0 Å². The van der Waals surface area contributed by atoms with Gasteiger partial charge >= 0.3 is 0 Å². The Morgan fingerprint density at radius 1 is 1.12 bits per heavy atom. The predicted molar refractivity (Wildman–Crippen MR) is 140 cm³/mol. The Labute approximate surface area is 215 Å². The molecule has 0 heterocycles. The van der Waals surface area contributed by atoms with Crippen LogP contribution in [0.15, 0.2) is 46.9 Å². The summed E-state index contributed by atoms with van der Waals surface area (Å²) in [6.45, 7) is 6.87. The quantitative estimate of drug-likeness (QED) is 0.454. The average Bonchev–Trinajstić information content (AvgIpc) is 2.77. The molecule has 2 aromatic rings. The first kappa shape index (κ1) is 28.1. The van der Waals surface area contributed by atoms with Gasteiger partial charge in [0, 0.05) is 22.1 Å². The van der Waals surface area contributed by atoms with Gasteiger partial charge in [-0.1, -0.05) is 52.7 Å². The van der Waals surface area contributed by atoms with Gasteiger partial charge in [-0.25, -0.2) is 8.42 Å². The molecule has 0 spiro atoms. The van der Waals surface area contributed by atoms with Crippen LogP contribution in [0.3, 0.4) is 0 Å². The molecule has 0 unspecified atom stereocenters. The summed E-state index contributed by atoms with van der Waals surface area (Å²) < 4.78 is 27.2. The van der Waals surface area contributed by atoms with E-state index in [-0.39, 0.29) is 18.5 Å². The molecule has 186 valence electrons. The van der Waals surface area contributed by atoms with Gasteiger partial charge in [-0.3, -0.25) is 13.9 Å². The highest BCUT2D eigenvalue weighted by Gasteiger charge is 2.31. The largest absolute Gasteiger partial charge is 0.352 e. The molecule has 0 radical (unpaired) electrons. The van der Waals surface area contributed by atoms with Gasteiger partial charge in [0.1, 0.15) is 12.6 Å². The fourth-order valence-corrected chi connectivity index (χ4v) is 4.63. The van der Waals surface area contributed by atoms with Crippen molar-refractivity contribution in [3.8, 4) is 0 Å². The minimum Gasteiger partial charge on any atom is -0.352 e. The summed E-state index contributed by atoms with van der Waals surface area (Å²) in [6, 6.07) is 11.4. The van der Waals surface area contributed by atoms with E-state index in [1.54, 1.807) is 32.0 Å². The third-order valence-electron chi connectivity index (χ3n) is 5.62. The average molecular weight is 573 g/mol. The maximum Gasteiger partial charge on any atom is 0.244 e. The van der Waals surface area contributed by atoms with Crippen molar-refractivity contribution < 1.29 is 18.0 Å². The Morgan fingerprint density at radius 2 is 1.74 bits per heavy atom. The molecule has 2 atom stereocenters. The molecule has 34 heavy (non-hydrogen) atoms. The van der Waals surface area contributed by atoms with Gasteiger partial charge in [0.15, 0.2) is 0 Å². The number of hydrogen-bond acceptors (Lipinski definition) is 4. The molecule has 0 aromatic heterocycles. The Balaban J connectivity index is 2.42. The molecule has 0 fully saturated rings. The van der Waals surface area contributed by atoms with E-state index in [1.807, 2.05) is 38.1 Å². The number of benzene rings is 2. The van der Waals surface area contributed by atoms with Gasteiger partial charge in [0.25, 0.3) is 0 Å². The van der Waals surface area contributed by atoms with E-state index >= 15 is 0 Å². The summed E-state index contributed by atoms with van der Waals surface area (Å²) in [5, 5.41) is 3.30. The number of rotatable bonds is 10. The fraction of sp³-hybridized carbons (Fsp3) is 0.417. The zero-order valence-electron chi connectivity index (χ0n) is 20.0. The smallest absolute Gasteiger partial charge is 0.244 e. The van der Waals surface area contributed by atoms with Crippen molar-refractivity contribution in [2.45, 2.75) is 52.7 Å². The molecule has 2 amide bonds. The first-order chi connectivity index (χ1) is 15.8. The topological polar surface area (TPSA) is 86.8 Å². The van der Waals surface area contributed by atoms with Gasteiger partial charge < -0.3 is 10.2 Å². The van der Waals surface area contributed by atoms with E-state index in [0.717, 1.165) is 27.0 Å². The monoisotopic (exact) mass is 571 g/mol. The van der Waals surface area contributed by atoms with Crippen molar-refractivity contribution in [2.24, 2.45) is 0 Å². The third-order valence-corrected chi connectivity index (χ3v) is 7.69. The van der Waals surface area contributed by atoms with Crippen molar-refractivity contribution in [1.82, 2.24) is 10.2 Å². The lowest BCUT2D eigenvalue weighted by Crippen LogP contribution is -2.52. The number of halogens is 2. The molecular formula is C24H31BrClN3O4S.